The summed E-state index contributed by atoms with van der Waals surface area (Å²) in [7, 11) is 1.79. The van der Waals surface area contributed by atoms with E-state index in [-0.39, 0.29) is 5.91 Å². The SMILES string of the molecule is CNc1cc(C)ccc1C(=O)Nc1nnc(C)s1. The molecule has 0 fully saturated rings. The average Bonchev–Trinajstić information content (AvgIpc) is 2.74. The monoisotopic (exact) mass is 262 g/mol. The Kier molecular flexibility index (Phi) is 3.57. The lowest BCUT2D eigenvalue weighted by atomic mass is 10.1. The number of aryl methyl sites for hydroxylation is 2. The molecule has 0 bridgehead atoms. The summed E-state index contributed by atoms with van der Waals surface area (Å²) in [6.45, 7) is 3.83. The Morgan fingerprint density at radius 3 is 2.67 bits per heavy atom. The predicted molar refractivity (Wildman–Crippen MR) is 73.3 cm³/mol. The number of aromatic nitrogens is 2. The van der Waals surface area contributed by atoms with E-state index < -0.39 is 0 Å². The smallest absolute Gasteiger partial charge is 0.259 e. The van der Waals surface area contributed by atoms with Crippen LogP contribution >= 0.6 is 11.3 Å². The molecule has 0 aliphatic carbocycles. The maximum absolute atomic E-state index is 12.1. The fourth-order valence-electron chi connectivity index (χ4n) is 1.57. The van der Waals surface area contributed by atoms with Crippen LogP contribution in [0.2, 0.25) is 0 Å². The minimum atomic E-state index is -0.185. The van der Waals surface area contributed by atoms with Crippen molar-refractivity contribution in [2.45, 2.75) is 13.8 Å². The van der Waals surface area contributed by atoms with Crippen molar-refractivity contribution in [3.8, 4) is 0 Å². The first-order valence-corrected chi connectivity index (χ1v) is 6.31. The Hall–Kier alpha value is -1.95. The second kappa shape index (κ2) is 5.14. The number of nitrogens with one attached hydrogen (secondary N) is 2. The first kappa shape index (κ1) is 12.5. The number of benzene rings is 1. The van der Waals surface area contributed by atoms with Gasteiger partial charge in [0, 0.05) is 12.7 Å². The van der Waals surface area contributed by atoms with E-state index in [1.165, 1.54) is 11.3 Å². The van der Waals surface area contributed by atoms with Gasteiger partial charge in [-0.2, -0.15) is 0 Å². The fraction of sp³-hybridized carbons (Fsp3) is 0.250. The molecule has 1 aromatic heterocycles. The van der Waals surface area contributed by atoms with Gasteiger partial charge in [-0.15, -0.1) is 10.2 Å². The van der Waals surface area contributed by atoms with Crippen LogP contribution < -0.4 is 10.6 Å². The highest BCUT2D eigenvalue weighted by Gasteiger charge is 2.12. The van der Waals surface area contributed by atoms with Gasteiger partial charge in [-0.05, 0) is 31.5 Å². The Bertz CT molecular complexity index is 579. The van der Waals surface area contributed by atoms with Gasteiger partial charge >= 0.3 is 0 Å². The molecule has 18 heavy (non-hydrogen) atoms. The minimum Gasteiger partial charge on any atom is -0.387 e. The molecule has 0 spiro atoms. The average molecular weight is 262 g/mol. The van der Waals surface area contributed by atoms with Crippen LogP contribution in [0.1, 0.15) is 20.9 Å². The first-order chi connectivity index (χ1) is 8.60. The molecule has 0 aliphatic heterocycles. The first-order valence-electron chi connectivity index (χ1n) is 5.50. The number of carbonyl (C=O) groups is 1. The van der Waals surface area contributed by atoms with Crippen LogP contribution in [0, 0.1) is 13.8 Å². The maximum Gasteiger partial charge on any atom is 0.259 e. The van der Waals surface area contributed by atoms with Crippen molar-refractivity contribution < 1.29 is 4.79 Å². The van der Waals surface area contributed by atoms with E-state index in [0.29, 0.717) is 10.7 Å². The Morgan fingerprint density at radius 2 is 2.06 bits per heavy atom. The van der Waals surface area contributed by atoms with Crippen molar-refractivity contribution in [3.63, 3.8) is 0 Å². The summed E-state index contributed by atoms with van der Waals surface area (Å²) in [5, 5.41) is 14.8. The molecule has 1 heterocycles. The summed E-state index contributed by atoms with van der Waals surface area (Å²) in [6, 6.07) is 5.63. The van der Waals surface area contributed by atoms with E-state index in [0.717, 1.165) is 16.3 Å². The van der Waals surface area contributed by atoms with Crippen molar-refractivity contribution in [1.29, 1.82) is 0 Å². The van der Waals surface area contributed by atoms with Gasteiger partial charge in [-0.25, -0.2) is 0 Å². The van der Waals surface area contributed by atoms with E-state index >= 15 is 0 Å². The summed E-state index contributed by atoms with van der Waals surface area (Å²) in [5.74, 6) is -0.185. The van der Waals surface area contributed by atoms with Gasteiger partial charge < -0.3 is 5.32 Å². The van der Waals surface area contributed by atoms with Crippen LogP contribution in [0.4, 0.5) is 10.8 Å². The zero-order chi connectivity index (χ0) is 13.1. The normalized spacial score (nSPS) is 10.2. The lowest BCUT2D eigenvalue weighted by molar-refractivity contribution is 0.102. The molecule has 0 unspecified atom stereocenters. The van der Waals surface area contributed by atoms with Crippen LogP contribution in [0.3, 0.4) is 0 Å². The molecular weight excluding hydrogens is 248 g/mol. The van der Waals surface area contributed by atoms with E-state index in [2.05, 4.69) is 20.8 Å². The summed E-state index contributed by atoms with van der Waals surface area (Å²) in [5.41, 5.74) is 2.49. The highest BCUT2D eigenvalue weighted by atomic mass is 32.1. The van der Waals surface area contributed by atoms with E-state index in [4.69, 9.17) is 0 Å². The fourth-order valence-corrected chi connectivity index (χ4v) is 2.16. The van der Waals surface area contributed by atoms with Crippen molar-refractivity contribution >= 4 is 28.1 Å². The highest BCUT2D eigenvalue weighted by molar-refractivity contribution is 7.15. The zero-order valence-electron chi connectivity index (χ0n) is 10.4. The van der Waals surface area contributed by atoms with Crippen LogP contribution in [0.15, 0.2) is 18.2 Å². The van der Waals surface area contributed by atoms with Gasteiger partial charge in [0.25, 0.3) is 5.91 Å². The molecule has 0 saturated carbocycles. The number of hydrogen-bond donors (Lipinski definition) is 2. The molecule has 1 aromatic carbocycles. The van der Waals surface area contributed by atoms with Crippen molar-refractivity contribution in [3.05, 3.63) is 34.3 Å². The summed E-state index contributed by atoms with van der Waals surface area (Å²) >= 11 is 1.35. The second-order valence-corrected chi connectivity index (χ2v) is 5.06. The third kappa shape index (κ3) is 2.65. The topological polar surface area (TPSA) is 66.9 Å². The zero-order valence-corrected chi connectivity index (χ0v) is 11.3. The van der Waals surface area contributed by atoms with E-state index in [1.54, 1.807) is 13.1 Å². The van der Waals surface area contributed by atoms with Crippen LogP contribution in [0.25, 0.3) is 0 Å². The maximum atomic E-state index is 12.1. The highest BCUT2D eigenvalue weighted by Crippen LogP contribution is 2.20. The van der Waals surface area contributed by atoms with Gasteiger partial charge in [-0.1, -0.05) is 17.4 Å². The Labute approximate surface area is 109 Å². The van der Waals surface area contributed by atoms with Gasteiger partial charge in [0.2, 0.25) is 5.13 Å². The molecule has 0 aliphatic rings. The van der Waals surface area contributed by atoms with Crippen molar-refractivity contribution in [1.82, 2.24) is 10.2 Å². The predicted octanol–water partition coefficient (Wildman–Crippen LogP) is 2.45. The van der Waals surface area contributed by atoms with Gasteiger partial charge in [0.15, 0.2) is 0 Å². The molecule has 0 saturated heterocycles. The number of carbonyl (C=O) groups excluding carboxylic acids is 1. The minimum absolute atomic E-state index is 0.185. The molecule has 1 amide bonds. The molecule has 0 atom stereocenters. The number of amides is 1. The van der Waals surface area contributed by atoms with Gasteiger partial charge in [-0.3, -0.25) is 10.1 Å². The lowest BCUT2D eigenvalue weighted by Crippen LogP contribution is -2.14. The van der Waals surface area contributed by atoms with E-state index in [1.807, 2.05) is 26.0 Å². The summed E-state index contributed by atoms with van der Waals surface area (Å²) in [6.07, 6.45) is 0. The van der Waals surface area contributed by atoms with Crippen LogP contribution in [-0.4, -0.2) is 23.2 Å². The summed E-state index contributed by atoms with van der Waals surface area (Å²) in [4.78, 5) is 12.1. The van der Waals surface area contributed by atoms with Crippen LogP contribution in [0.5, 0.6) is 0 Å². The van der Waals surface area contributed by atoms with Gasteiger partial charge in [0.05, 0.1) is 5.56 Å². The van der Waals surface area contributed by atoms with E-state index in [9.17, 15) is 4.79 Å². The molecule has 0 radical (unpaired) electrons. The van der Waals surface area contributed by atoms with Crippen molar-refractivity contribution in [2.24, 2.45) is 0 Å². The second-order valence-electron chi connectivity index (χ2n) is 3.88. The third-order valence-corrected chi connectivity index (χ3v) is 3.19. The molecular formula is C12H14N4OS. The number of anilines is 2. The molecule has 2 aromatic rings. The molecule has 2 N–H and O–H groups in total. The number of rotatable bonds is 3. The van der Waals surface area contributed by atoms with Crippen LogP contribution in [-0.2, 0) is 0 Å². The Morgan fingerprint density at radius 1 is 1.28 bits per heavy atom. The largest absolute Gasteiger partial charge is 0.387 e. The molecule has 94 valence electrons. The number of nitrogens with zero attached hydrogens (tertiary/aromatic N) is 2. The lowest BCUT2D eigenvalue weighted by Gasteiger charge is -2.09. The quantitative estimate of drug-likeness (QED) is 0.891. The third-order valence-electron chi connectivity index (χ3n) is 2.44. The molecule has 6 heteroatoms. The Balaban J connectivity index is 2.23. The number of hydrogen-bond acceptors (Lipinski definition) is 5. The van der Waals surface area contributed by atoms with Crippen molar-refractivity contribution in [2.75, 3.05) is 17.7 Å². The molecule has 2 rings (SSSR count). The summed E-state index contributed by atoms with van der Waals surface area (Å²) < 4.78 is 0. The molecule has 5 nitrogen and oxygen atoms in total. The standard InChI is InChI=1S/C12H14N4OS/c1-7-4-5-9(10(6-7)13-3)11(17)14-12-16-15-8(2)18-12/h4-6,13H,1-3H3,(H,14,16,17). The van der Waals surface area contributed by atoms with Gasteiger partial charge in [0.1, 0.15) is 5.01 Å².